The quantitative estimate of drug-likeness (QED) is 0.170. The molecule has 0 saturated carbocycles. The number of amides is 4. The Hall–Kier alpha value is -5.37. The lowest BCUT2D eigenvalue weighted by molar-refractivity contribution is -0.136. The van der Waals surface area contributed by atoms with E-state index in [4.69, 9.17) is 0 Å². The zero-order valence-electron chi connectivity index (χ0n) is 22.7. The van der Waals surface area contributed by atoms with Crippen LogP contribution in [0.5, 0.6) is 0 Å². The predicted molar refractivity (Wildman–Crippen MR) is 158 cm³/mol. The standard InChI is InChI=1S/C34H26N4O4/c1-20-15-17-22(18-16-20)38-32(41)28-27-23-11-5-7-13-25(23)34(29(28)33(38)42,26-14-8-6-12-24(26)27)19-35-37-31(40)30(39)36-21-9-3-2-4-10-21/h2-19,27-29H,1H3,(H,36,39)(H,37,40)/b35-19-/t27?,28-,29+,34?/m1/s1. The second-order valence-electron chi connectivity index (χ2n) is 10.9. The van der Waals surface area contributed by atoms with Crippen molar-refractivity contribution in [3.05, 3.63) is 131 Å². The Kier molecular flexibility index (Phi) is 5.86. The number of hydrogen-bond acceptors (Lipinski definition) is 5. The number of nitrogens with zero attached hydrogens (tertiary/aromatic N) is 2. The first-order valence-electron chi connectivity index (χ1n) is 13.8. The summed E-state index contributed by atoms with van der Waals surface area (Å²) in [7, 11) is 0. The number of hydrogen-bond donors (Lipinski definition) is 2. The molecule has 3 aliphatic carbocycles. The molecule has 2 N–H and O–H groups in total. The highest BCUT2D eigenvalue weighted by Crippen LogP contribution is 2.63. The molecule has 1 saturated heterocycles. The van der Waals surface area contributed by atoms with E-state index in [0.29, 0.717) is 11.4 Å². The van der Waals surface area contributed by atoms with Gasteiger partial charge in [-0.05, 0) is 53.4 Å². The molecular formula is C34H26N4O4. The molecule has 0 radical (unpaired) electrons. The van der Waals surface area contributed by atoms with Gasteiger partial charge in [0.1, 0.15) is 0 Å². The van der Waals surface area contributed by atoms with Crippen molar-refractivity contribution < 1.29 is 19.2 Å². The van der Waals surface area contributed by atoms with E-state index in [9.17, 15) is 19.2 Å². The van der Waals surface area contributed by atoms with Gasteiger partial charge in [0.2, 0.25) is 11.8 Å². The fourth-order valence-electron chi connectivity index (χ4n) is 6.95. The second-order valence-corrected chi connectivity index (χ2v) is 10.9. The van der Waals surface area contributed by atoms with Crippen LogP contribution in [0.1, 0.15) is 33.7 Å². The molecule has 8 heteroatoms. The number of aryl methyl sites for hydroxylation is 1. The molecule has 4 amide bonds. The topological polar surface area (TPSA) is 108 Å². The van der Waals surface area contributed by atoms with Crippen LogP contribution in [0, 0.1) is 18.8 Å². The van der Waals surface area contributed by atoms with Crippen molar-refractivity contribution in [1.29, 1.82) is 0 Å². The van der Waals surface area contributed by atoms with E-state index < -0.39 is 29.1 Å². The van der Waals surface area contributed by atoms with Gasteiger partial charge in [0.05, 0.1) is 22.9 Å². The maximum Gasteiger partial charge on any atom is 0.329 e. The first-order valence-corrected chi connectivity index (χ1v) is 13.8. The maximum atomic E-state index is 14.4. The first-order chi connectivity index (χ1) is 20.4. The largest absolute Gasteiger partial charge is 0.329 e. The Morgan fingerprint density at radius 3 is 2.00 bits per heavy atom. The summed E-state index contributed by atoms with van der Waals surface area (Å²) < 4.78 is 0. The molecule has 2 bridgehead atoms. The van der Waals surface area contributed by atoms with Crippen LogP contribution in [0.25, 0.3) is 0 Å². The molecule has 2 atom stereocenters. The molecule has 1 aliphatic heterocycles. The molecule has 4 aromatic carbocycles. The molecule has 4 aromatic rings. The molecule has 0 spiro atoms. The van der Waals surface area contributed by atoms with Crippen molar-refractivity contribution in [2.75, 3.05) is 10.2 Å². The Bertz CT molecular complexity index is 1750. The fourth-order valence-corrected chi connectivity index (χ4v) is 6.95. The number of anilines is 2. The van der Waals surface area contributed by atoms with Crippen LogP contribution in [0.2, 0.25) is 0 Å². The molecule has 1 fully saturated rings. The number of nitrogens with one attached hydrogen (secondary N) is 2. The third-order valence-electron chi connectivity index (χ3n) is 8.65. The van der Waals surface area contributed by atoms with Crippen LogP contribution < -0.4 is 15.6 Å². The predicted octanol–water partition coefficient (Wildman–Crippen LogP) is 4.29. The molecule has 0 aromatic heterocycles. The highest BCUT2D eigenvalue weighted by Gasteiger charge is 2.68. The van der Waals surface area contributed by atoms with Gasteiger partial charge in [0, 0.05) is 17.8 Å². The minimum absolute atomic E-state index is 0.257. The van der Waals surface area contributed by atoms with Crippen LogP contribution in [0.15, 0.2) is 108 Å². The van der Waals surface area contributed by atoms with E-state index in [1.807, 2.05) is 67.6 Å². The number of rotatable bonds is 4. The molecule has 8 nitrogen and oxygen atoms in total. The van der Waals surface area contributed by atoms with Crippen LogP contribution >= 0.6 is 0 Å². The van der Waals surface area contributed by atoms with Gasteiger partial charge in [-0.3, -0.25) is 19.2 Å². The Balaban J connectivity index is 1.33. The number of carbonyl (C=O) groups excluding carboxylic acids is 4. The first kappa shape index (κ1) is 25.6. The van der Waals surface area contributed by atoms with Crippen LogP contribution in [0.3, 0.4) is 0 Å². The molecule has 1 heterocycles. The lowest BCUT2D eigenvalue weighted by Gasteiger charge is -2.52. The summed E-state index contributed by atoms with van der Waals surface area (Å²) in [6, 6.07) is 31.5. The van der Waals surface area contributed by atoms with Crippen LogP contribution in [0.4, 0.5) is 11.4 Å². The fraction of sp³-hybridized carbons (Fsp3) is 0.147. The van der Waals surface area contributed by atoms with E-state index in [0.717, 1.165) is 27.8 Å². The minimum Gasteiger partial charge on any atom is -0.318 e. The molecule has 0 unspecified atom stereocenters. The summed E-state index contributed by atoms with van der Waals surface area (Å²) in [5, 5.41) is 6.83. The number of benzene rings is 4. The monoisotopic (exact) mass is 554 g/mol. The zero-order valence-corrected chi connectivity index (χ0v) is 22.7. The van der Waals surface area contributed by atoms with Crippen molar-refractivity contribution in [3.8, 4) is 0 Å². The third kappa shape index (κ3) is 3.65. The van der Waals surface area contributed by atoms with Gasteiger partial charge in [-0.1, -0.05) is 84.4 Å². The summed E-state index contributed by atoms with van der Waals surface area (Å²) in [5.41, 5.74) is 6.83. The Morgan fingerprint density at radius 1 is 0.762 bits per heavy atom. The van der Waals surface area contributed by atoms with Crippen LogP contribution in [-0.2, 0) is 24.6 Å². The summed E-state index contributed by atoms with van der Waals surface area (Å²) in [5.74, 6) is -4.17. The highest BCUT2D eigenvalue weighted by molar-refractivity contribution is 6.39. The van der Waals surface area contributed by atoms with E-state index in [1.54, 1.807) is 42.5 Å². The van der Waals surface area contributed by atoms with Crippen molar-refractivity contribution in [2.24, 2.45) is 16.9 Å². The average Bonchev–Trinajstić information content (AvgIpc) is 3.28. The lowest BCUT2D eigenvalue weighted by Crippen LogP contribution is -2.54. The van der Waals surface area contributed by atoms with Gasteiger partial charge in [-0.25, -0.2) is 10.3 Å². The van der Waals surface area contributed by atoms with Crippen molar-refractivity contribution >= 4 is 41.2 Å². The van der Waals surface area contributed by atoms with E-state index in [-0.39, 0.29) is 17.7 Å². The second kappa shape index (κ2) is 9.62. The lowest BCUT2D eigenvalue weighted by atomic mass is 9.47. The number of para-hydroxylation sites is 1. The van der Waals surface area contributed by atoms with Crippen molar-refractivity contribution in [1.82, 2.24) is 5.43 Å². The van der Waals surface area contributed by atoms with Gasteiger partial charge in [0.25, 0.3) is 0 Å². The van der Waals surface area contributed by atoms with Crippen LogP contribution in [-0.4, -0.2) is 29.8 Å². The van der Waals surface area contributed by atoms with Gasteiger partial charge >= 0.3 is 11.8 Å². The summed E-state index contributed by atoms with van der Waals surface area (Å²) in [6.45, 7) is 1.95. The van der Waals surface area contributed by atoms with Gasteiger partial charge in [-0.15, -0.1) is 0 Å². The van der Waals surface area contributed by atoms with E-state index >= 15 is 0 Å². The Labute approximate surface area is 242 Å². The Morgan fingerprint density at radius 2 is 1.36 bits per heavy atom. The summed E-state index contributed by atoms with van der Waals surface area (Å²) >= 11 is 0. The number of imide groups is 1. The van der Waals surface area contributed by atoms with E-state index in [1.165, 1.54) is 11.1 Å². The number of carbonyl (C=O) groups is 4. The maximum absolute atomic E-state index is 14.4. The zero-order chi connectivity index (χ0) is 29.0. The van der Waals surface area contributed by atoms with Gasteiger partial charge in [-0.2, -0.15) is 5.10 Å². The SMILES string of the molecule is Cc1ccc(N2C(=O)[C@@H]3C4c5ccccc5C(/C=N\NC(=O)C(=O)Nc5ccccc5)(c5ccccc54)[C@@H]3C2=O)cc1. The average molecular weight is 555 g/mol. The minimum atomic E-state index is -1.15. The molecule has 8 rings (SSSR count). The van der Waals surface area contributed by atoms with Gasteiger partial charge in [0.15, 0.2) is 0 Å². The molecule has 42 heavy (non-hydrogen) atoms. The normalized spacial score (nSPS) is 23.4. The highest BCUT2D eigenvalue weighted by atomic mass is 16.2. The molecule has 4 aliphatic rings. The van der Waals surface area contributed by atoms with Gasteiger partial charge < -0.3 is 5.32 Å². The smallest absolute Gasteiger partial charge is 0.318 e. The van der Waals surface area contributed by atoms with Crippen molar-refractivity contribution in [2.45, 2.75) is 18.3 Å². The number of hydrazone groups is 1. The summed E-state index contributed by atoms with van der Waals surface area (Å²) in [4.78, 5) is 55.1. The third-order valence-corrected chi connectivity index (χ3v) is 8.65. The van der Waals surface area contributed by atoms with Crippen molar-refractivity contribution in [3.63, 3.8) is 0 Å². The molecular weight excluding hydrogens is 528 g/mol. The molecule has 206 valence electrons. The van der Waals surface area contributed by atoms with E-state index in [2.05, 4.69) is 15.8 Å². The summed E-state index contributed by atoms with van der Waals surface area (Å²) in [6.07, 6.45) is 1.54.